The highest BCUT2D eigenvalue weighted by atomic mass is 16.5. The zero-order valence-corrected chi connectivity index (χ0v) is 24.6. The van der Waals surface area contributed by atoms with E-state index in [9.17, 15) is 14.7 Å². The summed E-state index contributed by atoms with van der Waals surface area (Å²) in [6, 6.07) is 15.6. The maximum absolute atomic E-state index is 13.5. The van der Waals surface area contributed by atoms with Crippen molar-refractivity contribution in [2.45, 2.75) is 58.6 Å². The van der Waals surface area contributed by atoms with E-state index in [0.29, 0.717) is 11.8 Å². The van der Waals surface area contributed by atoms with Gasteiger partial charge >= 0.3 is 6.03 Å². The van der Waals surface area contributed by atoms with Gasteiger partial charge in [-0.25, -0.2) is 4.79 Å². The smallest absolute Gasteiger partial charge is 0.320 e. The number of urea groups is 1. The lowest BCUT2D eigenvalue weighted by atomic mass is 9.78. The van der Waals surface area contributed by atoms with E-state index >= 15 is 0 Å². The van der Waals surface area contributed by atoms with Gasteiger partial charge in [-0.3, -0.25) is 4.79 Å². The fourth-order valence-corrected chi connectivity index (χ4v) is 6.35. The molecular weight excluding hydrogens is 516 g/mol. The quantitative estimate of drug-likeness (QED) is 0.391. The summed E-state index contributed by atoms with van der Waals surface area (Å²) in [4.78, 5) is 35.3. The number of ether oxygens (including phenoxy) is 1. The number of nitrogens with one attached hydrogen (secondary N) is 1. The molecule has 2 fully saturated rings. The fraction of sp³-hybridized carbons (Fsp3) is 0.515. The molecule has 2 aromatic carbocycles. The van der Waals surface area contributed by atoms with Gasteiger partial charge < -0.3 is 29.5 Å². The molecule has 2 N–H and O–H groups in total. The van der Waals surface area contributed by atoms with Crippen LogP contribution in [0.1, 0.15) is 55.5 Å². The minimum absolute atomic E-state index is 0.0104. The molecule has 1 aromatic heterocycles. The molecule has 220 valence electrons. The van der Waals surface area contributed by atoms with Gasteiger partial charge in [0.15, 0.2) is 0 Å². The number of rotatable bonds is 8. The van der Waals surface area contributed by atoms with Crippen LogP contribution in [-0.4, -0.2) is 88.2 Å². The fourth-order valence-electron chi connectivity index (χ4n) is 6.35. The van der Waals surface area contributed by atoms with E-state index < -0.39 is 6.10 Å². The first-order valence-corrected chi connectivity index (χ1v) is 15.1. The number of aromatic nitrogens is 1. The van der Waals surface area contributed by atoms with Gasteiger partial charge in [0.25, 0.3) is 5.91 Å². The molecule has 0 spiro atoms. The van der Waals surface area contributed by atoms with Gasteiger partial charge in [0.05, 0.1) is 6.54 Å². The second-order valence-electron chi connectivity index (χ2n) is 12.0. The van der Waals surface area contributed by atoms with Crippen molar-refractivity contribution in [1.82, 2.24) is 19.7 Å². The van der Waals surface area contributed by atoms with Crippen LogP contribution in [-0.2, 0) is 0 Å². The third-order valence-electron chi connectivity index (χ3n) is 8.86. The topological polar surface area (TPSA) is 89.1 Å². The maximum Gasteiger partial charge on any atom is 0.320 e. The molecule has 1 unspecified atom stereocenters. The van der Waals surface area contributed by atoms with Crippen molar-refractivity contribution in [3.05, 3.63) is 65.9 Å². The number of aliphatic hydroxyl groups is 1. The summed E-state index contributed by atoms with van der Waals surface area (Å²) in [5, 5.41) is 11.8. The van der Waals surface area contributed by atoms with Crippen molar-refractivity contribution >= 4 is 22.8 Å². The first kappa shape index (κ1) is 29.0. The van der Waals surface area contributed by atoms with Gasteiger partial charge in [0, 0.05) is 54.9 Å². The number of likely N-dealkylation sites (tertiary alicyclic amines) is 2. The van der Waals surface area contributed by atoms with Crippen LogP contribution in [0.25, 0.3) is 10.9 Å². The Morgan fingerprint density at radius 2 is 1.59 bits per heavy atom. The molecule has 3 aromatic rings. The Bertz CT molecular complexity index is 1300. The SMILES string of the molecule is Cc1ccc(C(=O)N2CCC(C3CCN(C(=O)N(CC(O)COc4cccc5[nH]ccc45)C(C)C)CC3)CC2)cc1. The minimum atomic E-state index is -0.791. The summed E-state index contributed by atoms with van der Waals surface area (Å²) in [7, 11) is 0. The van der Waals surface area contributed by atoms with E-state index in [1.165, 1.54) is 0 Å². The van der Waals surface area contributed by atoms with Crippen molar-refractivity contribution in [2.24, 2.45) is 11.8 Å². The lowest BCUT2D eigenvalue weighted by molar-refractivity contribution is 0.0493. The zero-order valence-electron chi connectivity index (χ0n) is 24.6. The van der Waals surface area contributed by atoms with Gasteiger partial charge in [0.2, 0.25) is 0 Å². The molecule has 41 heavy (non-hydrogen) atoms. The van der Waals surface area contributed by atoms with E-state index in [2.05, 4.69) is 4.98 Å². The summed E-state index contributed by atoms with van der Waals surface area (Å²) in [5.41, 5.74) is 2.92. The number of hydrogen-bond acceptors (Lipinski definition) is 4. The minimum Gasteiger partial charge on any atom is -0.490 e. The van der Waals surface area contributed by atoms with E-state index in [1.807, 2.05) is 85.3 Å². The number of carbonyl (C=O) groups excluding carboxylic acids is 2. The number of benzene rings is 2. The lowest BCUT2D eigenvalue weighted by Crippen LogP contribution is -2.52. The van der Waals surface area contributed by atoms with Crippen molar-refractivity contribution in [2.75, 3.05) is 39.3 Å². The molecular formula is C33H44N4O4. The largest absolute Gasteiger partial charge is 0.490 e. The normalized spacial score (nSPS) is 17.7. The molecule has 0 radical (unpaired) electrons. The molecule has 2 aliphatic heterocycles. The number of nitrogens with zero attached hydrogens (tertiary/aromatic N) is 3. The van der Waals surface area contributed by atoms with Gasteiger partial charge in [-0.05, 0) is 88.6 Å². The van der Waals surface area contributed by atoms with E-state index in [-0.39, 0.29) is 31.1 Å². The third kappa shape index (κ3) is 6.87. The Morgan fingerprint density at radius 3 is 2.22 bits per heavy atom. The zero-order chi connectivity index (χ0) is 28.9. The monoisotopic (exact) mass is 560 g/mol. The van der Waals surface area contributed by atoms with Gasteiger partial charge in [-0.1, -0.05) is 23.8 Å². The van der Waals surface area contributed by atoms with Crippen molar-refractivity contribution in [3.63, 3.8) is 0 Å². The molecule has 3 heterocycles. The summed E-state index contributed by atoms with van der Waals surface area (Å²) in [6.45, 7) is 9.43. The van der Waals surface area contributed by atoms with E-state index in [1.54, 1.807) is 4.90 Å². The summed E-state index contributed by atoms with van der Waals surface area (Å²) in [6.07, 6.45) is 5.10. The predicted molar refractivity (Wildman–Crippen MR) is 161 cm³/mol. The van der Waals surface area contributed by atoms with Crippen LogP contribution >= 0.6 is 0 Å². The number of hydrogen-bond donors (Lipinski definition) is 2. The molecule has 5 rings (SSSR count). The first-order valence-electron chi connectivity index (χ1n) is 15.1. The number of carbonyl (C=O) groups is 2. The highest BCUT2D eigenvalue weighted by Crippen LogP contribution is 2.33. The average Bonchev–Trinajstić information content (AvgIpc) is 3.48. The summed E-state index contributed by atoms with van der Waals surface area (Å²) in [5.74, 6) is 2.03. The van der Waals surface area contributed by atoms with Gasteiger partial charge in [-0.2, -0.15) is 0 Å². The molecule has 1 atom stereocenters. The number of fused-ring (bicyclic) bond motifs is 1. The summed E-state index contributed by atoms with van der Waals surface area (Å²) >= 11 is 0. The number of aryl methyl sites for hydroxylation is 1. The Morgan fingerprint density at radius 1 is 0.951 bits per heavy atom. The number of aliphatic hydroxyl groups excluding tert-OH is 1. The molecule has 2 saturated heterocycles. The molecule has 0 bridgehead atoms. The van der Waals surface area contributed by atoms with Crippen LogP contribution in [0.15, 0.2) is 54.7 Å². The molecule has 2 aliphatic rings. The maximum atomic E-state index is 13.5. The molecule has 8 nitrogen and oxygen atoms in total. The molecule has 0 aliphatic carbocycles. The van der Waals surface area contributed by atoms with Crippen LogP contribution in [0.2, 0.25) is 0 Å². The standard InChI is InChI=1S/C33H44N4O4/c1-23(2)37(21-28(38)22-41-31-6-4-5-30-29(31)11-16-34-30)33(40)36-19-14-26(15-20-36)25-12-17-35(18-13-25)32(39)27-9-7-24(3)8-10-27/h4-11,16,23,25-26,28,34,38H,12-15,17-22H2,1-3H3. The Hall–Kier alpha value is -3.52. The summed E-state index contributed by atoms with van der Waals surface area (Å²) < 4.78 is 5.93. The predicted octanol–water partition coefficient (Wildman–Crippen LogP) is 5.31. The van der Waals surface area contributed by atoms with Crippen LogP contribution in [0.3, 0.4) is 0 Å². The van der Waals surface area contributed by atoms with Gasteiger partial charge in [0.1, 0.15) is 18.5 Å². The van der Waals surface area contributed by atoms with E-state index in [4.69, 9.17) is 4.74 Å². The van der Waals surface area contributed by atoms with Crippen LogP contribution < -0.4 is 4.74 Å². The van der Waals surface area contributed by atoms with Crippen LogP contribution in [0.4, 0.5) is 4.79 Å². The Balaban J connectivity index is 1.08. The second-order valence-corrected chi connectivity index (χ2v) is 12.0. The number of H-pyrrole nitrogens is 1. The van der Waals surface area contributed by atoms with Crippen LogP contribution in [0, 0.1) is 18.8 Å². The van der Waals surface area contributed by atoms with Crippen molar-refractivity contribution in [3.8, 4) is 5.75 Å². The molecule has 3 amide bonds. The average molecular weight is 561 g/mol. The second kappa shape index (κ2) is 13.0. The van der Waals surface area contributed by atoms with E-state index in [0.717, 1.165) is 79.6 Å². The Kier molecular flexibility index (Phi) is 9.18. The highest BCUT2D eigenvalue weighted by molar-refractivity contribution is 5.94. The van der Waals surface area contributed by atoms with Gasteiger partial charge in [-0.15, -0.1) is 0 Å². The first-order chi connectivity index (χ1) is 19.8. The molecule has 8 heteroatoms. The Labute approximate surface area is 243 Å². The highest BCUT2D eigenvalue weighted by Gasteiger charge is 2.34. The van der Waals surface area contributed by atoms with Crippen LogP contribution in [0.5, 0.6) is 5.75 Å². The number of piperidine rings is 2. The number of aromatic amines is 1. The van der Waals surface area contributed by atoms with Crippen molar-refractivity contribution in [1.29, 1.82) is 0 Å². The lowest BCUT2D eigenvalue weighted by Gasteiger charge is -2.42. The molecule has 0 saturated carbocycles. The van der Waals surface area contributed by atoms with Crippen molar-refractivity contribution < 1.29 is 19.4 Å². The number of amides is 3. The third-order valence-corrected chi connectivity index (χ3v) is 8.86.